The van der Waals surface area contributed by atoms with E-state index >= 15 is 0 Å². The molecule has 1 aliphatic carbocycles. The Morgan fingerprint density at radius 2 is 2.00 bits per heavy atom. The van der Waals surface area contributed by atoms with Crippen molar-refractivity contribution < 1.29 is 18.0 Å². The standard InChI is InChI=1S/C17H25N3O4S/c1-3-12(2)19-16(21)9-10-18-17(22)13-5-4-6-15(11-13)25(23,24)20-14-7-8-14/h4-6,11-12,14,20H,3,7-10H2,1-2H3,(H,18,22)(H,19,21). The van der Waals surface area contributed by atoms with Gasteiger partial charge in [-0.1, -0.05) is 13.0 Å². The number of carbonyl (C=O) groups is 2. The quantitative estimate of drug-likeness (QED) is 0.609. The van der Waals surface area contributed by atoms with Gasteiger partial charge in [0, 0.05) is 30.6 Å². The highest BCUT2D eigenvalue weighted by Gasteiger charge is 2.28. The molecule has 1 fully saturated rings. The third kappa shape index (κ3) is 6.13. The van der Waals surface area contributed by atoms with Gasteiger partial charge in [0.2, 0.25) is 15.9 Å². The third-order valence-corrected chi connectivity index (χ3v) is 5.48. The van der Waals surface area contributed by atoms with Crippen molar-refractivity contribution in [2.75, 3.05) is 6.54 Å². The van der Waals surface area contributed by atoms with E-state index < -0.39 is 15.9 Å². The van der Waals surface area contributed by atoms with Gasteiger partial charge in [0.15, 0.2) is 0 Å². The molecule has 2 amide bonds. The second-order valence-electron chi connectivity index (χ2n) is 6.31. The fraction of sp³-hybridized carbons (Fsp3) is 0.529. The van der Waals surface area contributed by atoms with Gasteiger partial charge in [0.05, 0.1) is 4.90 Å². The Bertz CT molecular complexity index is 729. The third-order valence-electron chi connectivity index (χ3n) is 3.96. The van der Waals surface area contributed by atoms with Crippen LogP contribution in [0, 0.1) is 0 Å². The van der Waals surface area contributed by atoms with E-state index in [0.717, 1.165) is 19.3 Å². The first-order valence-electron chi connectivity index (χ1n) is 8.51. The molecule has 1 aromatic carbocycles. The van der Waals surface area contributed by atoms with Gasteiger partial charge in [-0.3, -0.25) is 9.59 Å². The topological polar surface area (TPSA) is 104 Å². The molecule has 3 N–H and O–H groups in total. The van der Waals surface area contributed by atoms with Gasteiger partial charge in [0.25, 0.3) is 5.91 Å². The zero-order valence-corrected chi connectivity index (χ0v) is 15.4. The van der Waals surface area contributed by atoms with Gasteiger partial charge < -0.3 is 10.6 Å². The monoisotopic (exact) mass is 367 g/mol. The molecule has 1 atom stereocenters. The Kier molecular flexibility index (Phi) is 6.55. The molecule has 1 aromatic rings. The zero-order valence-electron chi connectivity index (χ0n) is 14.5. The van der Waals surface area contributed by atoms with Crippen molar-refractivity contribution in [2.45, 2.75) is 56.5 Å². The minimum atomic E-state index is -3.60. The predicted octanol–water partition coefficient (Wildman–Crippen LogP) is 1.16. The molecule has 1 aliphatic rings. The van der Waals surface area contributed by atoms with E-state index in [-0.39, 0.29) is 41.4 Å². The Balaban J connectivity index is 1.89. The maximum absolute atomic E-state index is 12.2. The van der Waals surface area contributed by atoms with E-state index in [1.807, 2.05) is 13.8 Å². The normalized spacial score (nSPS) is 15.4. The van der Waals surface area contributed by atoms with Crippen LogP contribution in [0.4, 0.5) is 0 Å². The molecule has 25 heavy (non-hydrogen) atoms. The van der Waals surface area contributed by atoms with Crippen LogP contribution in [0.15, 0.2) is 29.2 Å². The minimum Gasteiger partial charge on any atom is -0.354 e. The number of nitrogens with one attached hydrogen (secondary N) is 3. The molecule has 0 bridgehead atoms. The van der Waals surface area contributed by atoms with Crippen LogP contribution in [0.2, 0.25) is 0 Å². The Labute approximate surface area is 148 Å². The largest absolute Gasteiger partial charge is 0.354 e. The highest BCUT2D eigenvalue weighted by atomic mass is 32.2. The highest BCUT2D eigenvalue weighted by Crippen LogP contribution is 2.22. The van der Waals surface area contributed by atoms with Gasteiger partial charge in [0.1, 0.15) is 0 Å². The van der Waals surface area contributed by atoms with Gasteiger partial charge in [-0.2, -0.15) is 0 Å². The van der Waals surface area contributed by atoms with Gasteiger partial charge >= 0.3 is 0 Å². The average Bonchev–Trinajstić information content (AvgIpc) is 3.38. The van der Waals surface area contributed by atoms with Crippen LogP contribution in [0.1, 0.15) is 49.9 Å². The fourth-order valence-corrected chi connectivity index (χ4v) is 3.48. The van der Waals surface area contributed by atoms with Crippen LogP contribution in [0.3, 0.4) is 0 Å². The second kappa shape index (κ2) is 8.44. The Morgan fingerprint density at radius 1 is 1.28 bits per heavy atom. The van der Waals surface area contributed by atoms with Gasteiger partial charge in [-0.05, 0) is 44.4 Å². The summed E-state index contributed by atoms with van der Waals surface area (Å²) in [6, 6.07) is 5.99. The van der Waals surface area contributed by atoms with Crippen molar-refractivity contribution in [1.82, 2.24) is 15.4 Å². The summed E-state index contributed by atoms with van der Waals surface area (Å²) in [5, 5.41) is 5.46. The van der Waals surface area contributed by atoms with E-state index in [1.165, 1.54) is 18.2 Å². The molecule has 0 radical (unpaired) electrons. The number of sulfonamides is 1. The molecule has 7 nitrogen and oxygen atoms in total. The smallest absolute Gasteiger partial charge is 0.251 e. The fourth-order valence-electron chi connectivity index (χ4n) is 2.13. The second-order valence-corrected chi connectivity index (χ2v) is 8.02. The Morgan fingerprint density at radius 3 is 2.64 bits per heavy atom. The van der Waals surface area contributed by atoms with Crippen molar-refractivity contribution in [2.24, 2.45) is 0 Å². The highest BCUT2D eigenvalue weighted by molar-refractivity contribution is 7.89. The summed E-state index contributed by atoms with van der Waals surface area (Å²) in [4.78, 5) is 23.9. The van der Waals surface area contributed by atoms with Crippen LogP contribution in [-0.2, 0) is 14.8 Å². The molecule has 0 aromatic heterocycles. The summed E-state index contributed by atoms with van der Waals surface area (Å²) in [5.74, 6) is -0.528. The average molecular weight is 367 g/mol. The van der Waals surface area contributed by atoms with Crippen molar-refractivity contribution in [1.29, 1.82) is 0 Å². The van der Waals surface area contributed by atoms with E-state index in [1.54, 1.807) is 6.07 Å². The predicted molar refractivity (Wildman–Crippen MR) is 94.6 cm³/mol. The molecule has 1 unspecified atom stereocenters. The van der Waals surface area contributed by atoms with Crippen LogP contribution in [0.25, 0.3) is 0 Å². The maximum Gasteiger partial charge on any atom is 0.251 e. The first-order valence-corrected chi connectivity index (χ1v) is 10.00. The molecular weight excluding hydrogens is 342 g/mol. The molecule has 0 saturated heterocycles. The van der Waals surface area contributed by atoms with Gasteiger partial charge in [-0.25, -0.2) is 13.1 Å². The molecule has 2 rings (SSSR count). The number of amides is 2. The SMILES string of the molecule is CCC(C)NC(=O)CCNC(=O)c1cccc(S(=O)(=O)NC2CC2)c1. The molecule has 138 valence electrons. The number of hydrogen-bond donors (Lipinski definition) is 3. The number of benzene rings is 1. The number of hydrogen-bond acceptors (Lipinski definition) is 4. The minimum absolute atomic E-state index is 0.00603. The van der Waals surface area contributed by atoms with Crippen molar-refractivity contribution in [3.8, 4) is 0 Å². The van der Waals surface area contributed by atoms with Crippen molar-refractivity contribution in [3.63, 3.8) is 0 Å². The summed E-state index contributed by atoms with van der Waals surface area (Å²) in [5.41, 5.74) is 0.251. The number of rotatable bonds is 9. The number of carbonyl (C=O) groups excluding carboxylic acids is 2. The lowest BCUT2D eigenvalue weighted by Gasteiger charge is -2.12. The van der Waals surface area contributed by atoms with E-state index in [4.69, 9.17) is 0 Å². The first kappa shape index (κ1) is 19.4. The van der Waals surface area contributed by atoms with Crippen molar-refractivity contribution in [3.05, 3.63) is 29.8 Å². The molecule has 0 aliphatic heterocycles. The summed E-state index contributed by atoms with van der Waals surface area (Å²) in [6.45, 7) is 4.09. The molecule has 0 heterocycles. The summed E-state index contributed by atoms with van der Waals surface area (Å²) in [6.07, 6.45) is 2.71. The lowest BCUT2D eigenvalue weighted by Crippen LogP contribution is -2.35. The summed E-state index contributed by atoms with van der Waals surface area (Å²) in [7, 11) is -3.60. The molecular formula is C17H25N3O4S. The van der Waals surface area contributed by atoms with Crippen LogP contribution < -0.4 is 15.4 Å². The lowest BCUT2D eigenvalue weighted by molar-refractivity contribution is -0.121. The maximum atomic E-state index is 12.2. The van der Waals surface area contributed by atoms with Crippen molar-refractivity contribution >= 4 is 21.8 Å². The zero-order chi connectivity index (χ0) is 18.4. The van der Waals surface area contributed by atoms with E-state index in [0.29, 0.717) is 0 Å². The van der Waals surface area contributed by atoms with E-state index in [9.17, 15) is 18.0 Å². The van der Waals surface area contributed by atoms with Crippen LogP contribution in [-0.4, -0.2) is 38.9 Å². The first-order chi connectivity index (χ1) is 11.8. The molecule has 0 spiro atoms. The van der Waals surface area contributed by atoms with Gasteiger partial charge in [-0.15, -0.1) is 0 Å². The Hall–Kier alpha value is -1.93. The summed E-state index contributed by atoms with van der Waals surface area (Å²) < 4.78 is 27.0. The lowest BCUT2D eigenvalue weighted by atomic mass is 10.2. The molecule has 8 heteroatoms. The van der Waals surface area contributed by atoms with Crippen LogP contribution >= 0.6 is 0 Å². The van der Waals surface area contributed by atoms with E-state index in [2.05, 4.69) is 15.4 Å². The van der Waals surface area contributed by atoms with Crippen LogP contribution in [0.5, 0.6) is 0 Å². The summed E-state index contributed by atoms with van der Waals surface area (Å²) >= 11 is 0. The molecule has 1 saturated carbocycles.